The molecule has 0 aliphatic heterocycles. The van der Waals surface area contributed by atoms with Crippen molar-refractivity contribution >= 4 is 28.6 Å². The van der Waals surface area contributed by atoms with Gasteiger partial charge in [-0.25, -0.2) is 0 Å². The van der Waals surface area contributed by atoms with Crippen LogP contribution in [0, 0.1) is 6.92 Å². The van der Waals surface area contributed by atoms with Crippen molar-refractivity contribution in [3.05, 3.63) is 15.3 Å². The van der Waals surface area contributed by atoms with Crippen LogP contribution >= 0.6 is 22.9 Å². The van der Waals surface area contributed by atoms with E-state index in [1.165, 1.54) is 11.3 Å². The molecule has 1 nitrogen and oxygen atoms in total. The monoisotopic (exact) mass is 147 g/mol. The zero-order chi connectivity index (χ0) is 6.15. The number of nitrogens with two attached hydrogens (primary N) is 1. The third kappa shape index (κ3) is 0.956. The molecule has 44 valence electrons. The molecule has 0 unspecified atom stereocenters. The summed E-state index contributed by atoms with van der Waals surface area (Å²) >= 11 is 7.13. The number of rotatable bonds is 0. The molecular formula is C5H6ClNS. The van der Waals surface area contributed by atoms with Gasteiger partial charge in [0.15, 0.2) is 0 Å². The second-order valence-electron chi connectivity index (χ2n) is 1.59. The molecule has 0 saturated carbocycles. The van der Waals surface area contributed by atoms with E-state index in [1.54, 1.807) is 0 Å². The standard InChI is InChI=1S/C5H6ClNS/c1-3-2-4(7)5(6)8-3/h2H,7H2,1H3. The summed E-state index contributed by atoms with van der Waals surface area (Å²) in [5.41, 5.74) is 6.11. The van der Waals surface area contributed by atoms with Crippen LogP contribution in [0.4, 0.5) is 5.69 Å². The maximum Gasteiger partial charge on any atom is 0.116 e. The van der Waals surface area contributed by atoms with Crippen LogP contribution in [0.2, 0.25) is 4.34 Å². The van der Waals surface area contributed by atoms with Crippen LogP contribution < -0.4 is 5.73 Å². The van der Waals surface area contributed by atoms with Crippen LogP contribution in [0.15, 0.2) is 6.07 Å². The molecule has 1 aromatic rings. The molecule has 1 heterocycles. The van der Waals surface area contributed by atoms with Gasteiger partial charge < -0.3 is 5.73 Å². The fourth-order valence-electron chi connectivity index (χ4n) is 0.505. The lowest BCUT2D eigenvalue weighted by Gasteiger charge is -1.78. The van der Waals surface area contributed by atoms with Gasteiger partial charge >= 0.3 is 0 Å². The molecule has 0 fully saturated rings. The average molecular weight is 148 g/mol. The zero-order valence-electron chi connectivity index (χ0n) is 4.44. The van der Waals surface area contributed by atoms with Gasteiger partial charge in [-0.2, -0.15) is 0 Å². The summed E-state index contributed by atoms with van der Waals surface area (Å²) in [5.74, 6) is 0. The number of anilines is 1. The minimum Gasteiger partial charge on any atom is -0.397 e. The van der Waals surface area contributed by atoms with Gasteiger partial charge in [0.25, 0.3) is 0 Å². The van der Waals surface area contributed by atoms with E-state index in [0.29, 0.717) is 10.0 Å². The molecule has 0 bridgehead atoms. The molecule has 0 aliphatic rings. The van der Waals surface area contributed by atoms with Crippen molar-refractivity contribution in [1.29, 1.82) is 0 Å². The number of thiophene rings is 1. The average Bonchev–Trinajstić information content (AvgIpc) is 1.85. The molecule has 0 spiro atoms. The maximum absolute atomic E-state index is 5.62. The van der Waals surface area contributed by atoms with E-state index in [9.17, 15) is 0 Å². The predicted octanol–water partition coefficient (Wildman–Crippen LogP) is 2.29. The summed E-state index contributed by atoms with van der Waals surface area (Å²) in [6.07, 6.45) is 0. The van der Waals surface area contributed by atoms with Gasteiger partial charge in [-0.05, 0) is 13.0 Å². The fraction of sp³-hybridized carbons (Fsp3) is 0.200. The molecule has 0 radical (unpaired) electrons. The van der Waals surface area contributed by atoms with E-state index in [1.807, 2.05) is 13.0 Å². The number of hydrogen-bond donors (Lipinski definition) is 1. The summed E-state index contributed by atoms with van der Waals surface area (Å²) in [5, 5.41) is 0. The Morgan fingerprint density at radius 3 is 2.50 bits per heavy atom. The van der Waals surface area contributed by atoms with Crippen LogP contribution in [0.3, 0.4) is 0 Å². The lowest BCUT2D eigenvalue weighted by molar-refractivity contribution is 1.64. The minimum atomic E-state index is 0.689. The Kier molecular flexibility index (Phi) is 1.45. The largest absolute Gasteiger partial charge is 0.397 e. The lowest BCUT2D eigenvalue weighted by atomic mass is 10.5. The summed E-state index contributed by atoms with van der Waals surface area (Å²) in [7, 11) is 0. The lowest BCUT2D eigenvalue weighted by Crippen LogP contribution is -1.77. The minimum absolute atomic E-state index is 0.689. The first-order chi connectivity index (χ1) is 3.70. The molecule has 8 heavy (non-hydrogen) atoms. The fourth-order valence-corrected chi connectivity index (χ4v) is 1.57. The van der Waals surface area contributed by atoms with Gasteiger partial charge in [-0.1, -0.05) is 11.6 Å². The second kappa shape index (κ2) is 1.96. The molecule has 3 heteroatoms. The van der Waals surface area contributed by atoms with Crippen LogP contribution in [-0.2, 0) is 0 Å². The van der Waals surface area contributed by atoms with Crippen LogP contribution in [0.25, 0.3) is 0 Å². The van der Waals surface area contributed by atoms with Crippen molar-refractivity contribution < 1.29 is 0 Å². The van der Waals surface area contributed by atoms with Crippen LogP contribution in [-0.4, -0.2) is 0 Å². The summed E-state index contributed by atoms with van der Waals surface area (Å²) in [6.45, 7) is 1.98. The van der Waals surface area contributed by atoms with Gasteiger partial charge in [0.05, 0.1) is 5.69 Å². The van der Waals surface area contributed by atoms with E-state index in [4.69, 9.17) is 17.3 Å². The molecule has 0 atom stereocenters. The SMILES string of the molecule is Cc1cc(N)c(Cl)s1. The third-order valence-electron chi connectivity index (χ3n) is 0.836. The van der Waals surface area contributed by atoms with Crippen LogP contribution in [0.1, 0.15) is 4.88 Å². The predicted molar refractivity (Wildman–Crippen MR) is 38.5 cm³/mol. The highest BCUT2D eigenvalue weighted by Crippen LogP contribution is 2.28. The summed E-state index contributed by atoms with van der Waals surface area (Å²) < 4.78 is 0.697. The first-order valence-corrected chi connectivity index (χ1v) is 3.41. The number of halogens is 1. The molecule has 0 amide bonds. The molecule has 1 aromatic heterocycles. The number of nitrogen functional groups attached to an aromatic ring is 1. The van der Waals surface area contributed by atoms with Gasteiger partial charge in [0.1, 0.15) is 4.34 Å². The molecule has 1 rings (SSSR count). The van der Waals surface area contributed by atoms with Crippen molar-refractivity contribution in [3.8, 4) is 0 Å². The summed E-state index contributed by atoms with van der Waals surface area (Å²) in [4.78, 5) is 1.16. The highest BCUT2D eigenvalue weighted by molar-refractivity contribution is 7.16. The van der Waals surface area contributed by atoms with E-state index in [0.717, 1.165) is 4.88 Å². The number of hydrogen-bond acceptors (Lipinski definition) is 2. The Balaban J connectivity index is 3.14. The highest BCUT2D eigenvalue weighted by Gasteiger charge is 1.97. The Labute approximate surface area is 57.1 Å². The van der Waals surface area contributed by atoms with E-state index in [-0.39, 0.29) is 0 Å². The van der Waals surface area contributed by atoms with Gasteiger partial charge in [0, 0.05) is 4.88 Å². The van der Waals surface area contributed by atoms with Crippen molar-refractivity contribution in [3.63, 3.8) is 0 Å². The molecular weight excluding hydrogens is 142 g/mol. The zero-order valence-corrected chi connectivity index (χ0v) is 6.01. The quantitative estimate of drug-likeness (QED) is 0.599. The Morgan fingerprint density at radius 2 is 2.38 bits per heavy atom. The maximum atomic E-state index is 5.62. The smallest absolute Gasteiger partial charge is 0.116 e. The Bertz CT molecular complexity index is 175. The van der Waals surface area contributed by atoms with Crippen molar-refractivity contribution in [2.24, 2.45) is 0 Å². The van der Waals surface area contributed by atoms with Crippen molar-refractivity contribution in [2.45, 2.75) is 6.92 Å². The highest BCUT2D eigenvalue weighted by atomic mass is 35.5. The van der Waals surface area contributed by atoms with Crippen LogP contribution in [0.5, 0.6) is 0 Å². The molecule has 0 aromatic carbocycles. The Morgan fingerprint density at radius 1 is 1.75 bits per heavy atom. The van der Waals surface area contributed by atoms with Gasteiger partial charge in [-0.3, -0.25) is 0 Å². The topological polar surface area (TPSA) is 26.0 Å². The second-order valence-corrected chi connectivity index (χ2v) is 3.44. The van der Waals surface area contributed by atoms with E-state index >= 15 is 0 Å². The molecule has 0 saturated heterocycles. The van der Waals surface area contributed by atoms with Gasteiger partial charge in [-0.15, -0.1) is 11.3 Å². The summed E-state index contributed by atoms with van der Waals surface area (Å²) in [6, 6.07) is 1.87. The molecule has 2 N–H and O–H groups in total. The van der Waals surface area contributed by atoms with E-state index < -0.39 is 0 Å². The van der Waals surface area contributed by atoms with Crippen molar-refractivity contribution in [1.82, 2.24) is 0 Å². The first-order valence-electron chi connectivity index (χ1n) is 2.21. The molecule has 0 aliphatic carbocycles. The van der Waals surface area contributed by atoms with E-state index in [2.05, 4.69) is 0 Å². The first kappa shape index (κ1) is 5.92. The van der Waals surface area contributed by atoms with Gasteiger partial charge in [0.2, 0.25) is 0 Å². The third-order valence-corrected chi connectivity index (χ3v) is 2.14. The van der Waals surface area contributed by atoms with Crippen molar-refractivity contribution in [2.75, 3.05) is 5.73 Å². The number of aryl methyl sites for hydroxylation is 1. The Hall–Kier alpha value is -0.210. The normalized spacial score (nSPS) is 9.75.